The number of phenolic OH excluding ortho intramolecular Hbond substituents is 1. The topological polar surface area (TPSA) is 103 Å². The van der Waals surface area contributed by atoms with Crippen molar-refractivity contribution >= 4 is 5.95 Å². The van der Waals surface area contributed by atoms with E-state index in [1.54, 1.807) is 24.7 Å². The normalized spacial score (nSPS) is 20.5. The summed E-state index contributed by atoms with van der Waals surface area (Å²) in [7, 11) is 0. The van der Waals surface area contributed by atoms with Gasteiger partial charge in [0.2, 0.25) is 5.95 Å². The molecule has 1 aromatic carbocycles. The predicted octanol–water partition coefficient (Wildman–Crippen LogP) is 3.77. The van der Waals surface area contributed by atoms with Gasteiger partial charge in [-0.25, -0.2) is 4.98 Å². The third-order valence-electron chi connectivity index (χ3n) is 7.00. The highest BCUT2D eigenvalue weighted by Gasteiger charge is 2.30. The van der Waals surface area contributed by atoms with Crippen LogP contribution in [0.4, 0.5) is 5.95 Å². The molecule has 0 amide bonds. The minimum Gasteiger partial charge on any atom is -0.507 e. The third kappa shape index (κ3) is 4.46. The SMILES string of the molecule is CC1(NCC2CCN(c3ncc(-c4ccc(-c5cn[nH]c5)cc4O)nn3)C2)CCCCC1. The van der Waals surface area contributed by atoms with Gasteiger partial charge in [-0.1, -0.05) is 25.3 Å². The lowest BCUT2D eigenvalue weighted by Crippen LogP contribution is -2.46. The molecule has 3 heterocycles. The van der Waals surface area contributed by atoms with E-state index in [2.05, 4.69) is 42.5 Å². The quantitative estimate of drug-likeness (QED) is 0.544. The van der Waals surface area contributed by atoms with Gasteiger partial charge in [0.1, 0.15) is 11.4 Å². The molecule has 5 rings (SSSR count). The number of aromatic hydroxyl groups is 1. The molecule has 3 N–H and O–H groups in total. The summed E-state index contributed by atoms with van der Waals surface area (Å²) < 4.78 is 0. The van der Waals surface area contributed by atoms with Crippen LogP contribution in [0, 0.1) is 5.92 Å². The number of rotatable bonds is 6. The highest BCUT2D eigenvalue weighted by Crippen LogP contribution is 2.32. The van der Waals surface area contributed by atoms with Crippen LogP contribution in [0.3, 0.4) is 0 Å². The van der Waals surface area contributed by atoms with Crippen molar-refractivity contribution in [3.8, 4) is 28.1 Å². The molecule has 168 valence electrons. The van der Waals surface area contributed by atoms with Gasteiger partial charge in [0.25, 0.3) is 0 Å². The van der Waals surface area contributed by atoms with Crippen LogP contribution < -0.4 is 10.2 Å². The molecule has 0 spiro atoms. The molecule has 1 saturated carbocycles. The molecule has 2 aliphatic rings. The summed E-state index contributed by atoms with van der Waals surface area (Å²) in [5.74, 6) is 1.42. The second-order valence-corrected chi connectivity index (χ2v) is 9.47. The van der Waals surface area contributed by atoms with E-state index in [1.165, 1.54) is 32.1 Å². The molecular weight excluding hydrogens is 402 g/mol. The number of nitrogens with zero attached hydrogens (tertiary/aromatic N) is 5. The molecule has 0 radical (unpaired) electrons. The number of anilines is 1. The number of hydrogen-bond acceptors (Lipinski definition) is 7. The molecule has 8 nitrogen and oxygen atoms in total. The van der Waals surface area contributed by atoms with Crippen LogP contribution in [0.5, 0.6) is 5.75 Å². The van der Waals surface area contributed by atoms with Crippen LogP contribution in [-0.2, 0) is 0 Å². The Morgan fingerprint density at radius 1 is 1.16 bits per heavy atom. The summed E-state index contributed by atoms with van der Waals surface area (Å²) in [5.41, 5.74) is 3.29. The fourth-order valence-electron chi connectivity index (χ4n) is 4.95. The molecule has 1 unspecified atom stereocenters. The van der Waals surface area contributed by atoms with E-state index in [4.69, 9.17) is 0 Å². The highest BCUT2D eigenvalue weighted by atomic mass is 16.3. The minimum absolute atomic E-state index is 0.149. The number of nitrogens with one attached hydrogen (secondary N) is 2. The van der Waals surface area contributed by atoms with E-state index in [0.717, 1.165) is 37.2 Å². The average Bonchev–Trinajstić information content (AvgIpc) is 3.51. The Morgan fingerprint density at radius 3 is 2.75 bits per heavy atom. The molecule has 1 aliphatic heterocycles. The molecule has 0 bridgehead atoms. The van der Waals surface area contributed by atoms with Crippen LogP contribution in [0.1, 0.15) is 45.4 Å². The van der Waals surface area contributed by atoms with Crippen molar-refractivity contribution in [1.82, 2.24) is 30.7 Å². The molecule has 32 heavy (non-hydrogen) atoms. The maximum atomic E-state index is 10.5. The first-order valence-electron chi connectivity index (χ1n) is 11.6. The summed E-state index contributed by atoms with van der Waals surface area (Å²) in [6.07, 6.45) is 13.0. The zero-order valence-corrected chi connectivity index (χ0v) is 18.6. The maximum absolute atomic E-state index is 10.5. The van der Waals surface area contributed by atoms with E-state index in [0.29, 0.717) is 28.7 Å². The number of H-pyrrole nitrogens is 1. The Kier molecular flexibility index (Phi) is 5.78. The number of aromatic nitrogens is 5. The van der Waals surface area contributed by atoms with Gasteiger partial charge in [-0.05, 0) is 49.8 Å². The Bertz CT molecular complexity index is 1030. The standard InChI is InChI=1S/C24H31N7O/c1-24(8-3-2-4-9-24)26-12-17-7-10-31(16-17)23-25-15-21(29-30-23)20-6-5-18(11-22(20)32)19-13-27-28-14-19/h5-6,11,13-15,17,26,32H,2-4,7-10,12,16H2,1H3,(H,27,28). The van der Waals surface area contributed by atoms with Crippen LogP contribution in [0.25, 0.3) is 22.4 Å². The second-order valence-electron chi connectivity index (χ2n) is 9.47. The Hall–Kier alpha value is -3.00. The molecule has 3 aromatic rings. The van der Waals surface area contributed by atoms with E-state index in [1.807, 2.05) is 12.1 Å². The Balaban J connectivity index is 1.21. The summed E-state index contributed by atoms with van der Waals surface area (Å²) in [6, 6.07) is 5.48. The van der Waals surface area contributed by atoms with E-state index in [9.17, 15) is 5.11 Å². The largest absolute Gasteiger partial charge is 0.507 e. The molecule has 8 heteroatoms. The first kappa shape index (κ1) is 20.9. The van der Waals surface area contributed by atoms with E-state index >= 15 is 0 Å². The molecule has 1 atom stereocenters. The summed E-state index contributed by atoms with van der Waals surface area (Å²) >= 11 is 0. The van der Waals surface area contributed by atoms with Gasteiger partial charge in [0, 0.05) is 42.5 Å². The molecule has 1 saturated heterocycles. The Morgan fingerprint density at radius 2 is 2.03 bits per heavy atom. The lowest BCUT2D eigenvalue weighted by atomic mass is 9.83. The first-order chi connectivity index (χ1) is 15.6. The van der Waals surface area contributed by atoms with Gasteiger partial charge >= 0.3 is 0 Å². The minimum atomic E-state index is 0.149. The van der Waals surface area contributed by atoms with Crippen molar-refractivity contribution in [2.75, 3.05) is 24.5 Å². The Labute approximate surface area is 188 Å². The lowest BCUT2D eigenvalue weighted by molar-refractivity contribution is 0.243. The van der Waals surface area contributed by atoms with Gasteiger partial charge in [0.15, 0.2) is 0 Å². The first-order valence-corrected chi connectivity index (χ1v) is 11.6. The van der Waals surface area contributed by atoms with Crippen LogP contribution >= 0.6 is 0 Å². The van der Waals surface area contributed by atoms with Crippen LogP contribution in [0.15, 0.2) is 36.8 Å². The summed E-state index contributed by atoms with van der Waals surface area (Å²) in [6.45, 7) is 5.33. The van der Waals surface area contributed by atoms with Crippen molar-refractivity contribution in [2.24, 2.45) is 5.92 Å². The van der Waals surface area contributed by atoms with Gasteiger partial charge < -0.3 is 15.3 Å². The van der Waals surface area contributed by atoms with E-state index in [-0.39, 0.29) is 5.75 Å². The van der Waals surface area contributed by atoms with Crippen molar-refractivity contribution in [3.05, 3.63) is 36.8 Å². The zero-order chi connectivity index (χ0) is 22.0. The molecular formula is C24H31N7O. The van der Waals surface area contributed by atoms with E-state index < -0.39 is 0 Å². The van der Waals surface area contributed by atoms with Gasteiger partial charge in [-0.2, -0.15) is 5.10 Å². The molecule has 1 aliphatic carbocycles. The summed E-state index contributed by atoms with van der Waals surface area (Å²) in [5, 5.41) is 29.8. The van der Waals surface area contributed by atoms with Gasteiger partial charge in [-0.3, -0.25) is 5.10 Å². The number of aromatic amines is 1. The predicted molar refractivity (Wildman–Crippen MR) is 124 cm³/mol. The molecule has 2 fully saturated rings. The maximum Gasteiger partial charge on any atom is 0.245 e. The van der Waals surface area contributed by atoms with Gasteiger partial charge in [0.05, 0.1) is 12.4 Å². The van der Waals surface area contributed by atoms with Crippen LogP contribution in [-0.4, -0.2) is 55.7 Å². The fraction of sp³-hybridized carbons (Fsp3) is 0.500. The second kappa shape index (κ2) is 8.86. The van der Waals surface area contributed by atoms with Crippen LogP contribution in [0.2, 0.25) is 0 Å². The zero-order valence-electron chi connectivity index (χ0n) is 18.6. The van der Waals surface area contributed by atoms with Crippen molar-refractivity contribution in [1.29, 1.82) is 0 Å². The fourth-order valence-corrected chi connectivity index (χ4v) is 4.95. The highest BCUT2D eigenvalue weighted by molar-refractivity contribution is 5.73. The van der Waals surface area contributed by atoms with Crippen molar-refractivity contribution < 1.29 is 5.11 Å². The number of hydrogen-bond donors (Lipinski definition) is 3. The van der Waals surface area contributed by atoms with Crippen molar-refractivity contribution in [3.63, 3.8) is 0 Å². The monoisotopic (exact) mass is 433 g/mol. The smallest absolute Gasteiger partial charge is 0.245 e. The average molecular weight is 434 g/mol. The summed E-state index contributed by atoms with van der Waals surface area (Å²) in [4.78, 5) is 6.77. The van der Waals surface area contributed by atoms with Crippen molar-refractivity contribution in [2.45, 2.75) is 51.0 Å². The van der Waals surface area contributed by atoms with Gasteiger partial charge in [-0.15, -0.1) is 10.2 Å². The number of benzene rings is 1. The third-order valence-corrected chi connectivity index (χ3v) is 7.00. The number of phenols is 1. The lowest BCUT2D eigenvalue weighted by Gasteiger charge is -2.35. The molecule has 2 aromatic heterocycles.